The van der Waals surface area contributed by atoms with E-state index >= 15 is 0 Å². The molecule has 1 aliphatic heterocycles. The summed E-state index contributed by atoms with van der Waals surface area (Å²) in [4.78, 5) is 25.0. The molecule has 2 heterocycles. The topological polar surface area (TPSA) is 62.9 Å². The molecule has 5 rings (SSSR count). The molecule has 4 aliphatic rings. The Hall–Kier alpha value is -1.69. The maximum atomic E-state index is 12.5. The van der Waals surface area contributed by atoms with Gasteiger partial charge >= 0.3 is 0 Å². The summed E-state index contributed by atoms with van der Waals surface area (Å²) < 4.78 is 5.88. The number of imide groups is 1. The summed E-state index contributed by atoms with van der Waals surface area (Å²) in [5.41, 5.74) is 0. The second-order valence-electron chi connectivity index (χ2n) is 5.72. The Bertz CT molecular complexity index is 646. The van der Waals surface area contributed by atoms with Crippen LogP contribution >= 0.6 is 15.9 Å². The molecular formula is C15H13BrN2O3. The number of furan rings is 1. The molecule has 0 spiro atoms. The molecule has 1 aromatic rings. The molecule has 2 amide bonds. The third kappa shape index (κ3) is 1.92. The maximum Gasteiger partial charge on any atom is 0.254 e. The van der Waals surface area contributed by atoms with E-state index in [1.54, 1.807) is 12.1 Å². The molecule has 0 aromatic carbocycles. The predicted molar refractivity (Wildman–Crippen MR) is 78.2 cm³/mol. The van der Waals surface area contributed by atoms with Crippen molar-refractivity contribution in [3.8, 4) is 0 Å². The van der Waals surface area contributed by atoms with Crippen LogP contribution in [0.25, 0.3) is 0 Å². The molecule has 1 aromatic heterocycles. The van der Waals surface area contributed by atoms with Crippen LogP contribution in [-0.4, -0.2) is 23.0 Å². The van der Waals surface area contributed by atoms with Gasteiger partial charge in [0.2, 0.25) is 0 Å². The highest BCUT2D eigenvalue weighted by Gasteiger charge is 2.56. The highest BCUT2D eigenvalue weighted by molar-refractivity contribution is 9.10. The number of nitrogens with zero attached hydrogens (tertiary/aromatic N) is 2. The number of carbonyl (C=O) groups is 2. The minimum Gasteiger partial charge on any atom is -0.448 e. The van der Waals surface area contributed by atoms with Crippen molar-refractivity contribution >= 4 is 34.0 Å². The normalized spacial score (nSPS) is 34.2. The van der Waals surface area contributed by atoms with Crippen LogP contribution in [0.2, 0.25) is 0 Å². The summed E-state index contributed by atoms with van der Waals surface area (Å²) in [6.07, 6.45) is 7.58. The fourth-order valence-electron chi connectivity index (χ4n) is 3.68. The standard InChI is InChI=1S/C15H13BrN2O3/c16-11-6-5-10(21-11)7-17-18-14(19)12-8-1-2-9(4-3-8)13(12)15(18)20/h1-2,5-9,12-13H,3-4H2/b17-7-/t8-,9-,12-,13+/m0/s1. The van der Waals surface area contributed by atoms with E-state index in [-0.39, 0.29) is 35.5 Å². The quantitative estimate of drug-likeness (QED) is 0.468. The van der Waals surface area contributed by atoms with Crippen LogP contribution in [0.15, 0.2) is 38.5 Å². The molecule has 2 bridgehead atoms. The Labute approximate surface area is 129 Å². The monoisotopic (exact) mass is 348 g/mol. The van der Waals surface area contributed by atoms with Gasteiger partial charge in [-0.05, 0) is 52.7 Å². The first-order valence-corrected chi connectivity index (χ1v) is 7.80. The summed E-state index contributed by atoms with van der Waals surface area (Å²) in [6.45, 7) is 0. The number of hydrazone groups is 1. The van der Waals surface area contributed by atoms with Crippen molar-refractivity contribution in [3.63, 3.8) is 0 Å². The van der Waals surface area contributed by atoms with E-state index in [1.807, 2.05) is 0 Å². The number of rotatable bonds is 2. The summed E-state index contributed by atoms with van der Waals surface area (Å²) in [7, 11) is 0. The Balaban J connectivity index is 1.62. The lowest BCUT2D eigenvalue weighted by Gasteiger charge is -2.37. The van der Waals surface area contributed by atoms with Gasteiger partial charge in [-0.25, -0.2) is 0 Å². The Kier molecular flexibility index (Phi) is 2.89. The van der Waals surface area contributed by atoms with Gasteiger partial charge in [-0.15, -0.1) is 0 Å². The second kappa shape index (κ2) is 4.66. The van der Waals surface area contributed by atoms with Crippen LogP contribution in [0.4, 0.5) is 0 Å². The van der Waals surface area contributed by atoms with Crippen LogP contribution in [0.3, 0.4) is 0 Å². The van der Waals surface area contributed by atoms with Gasteiger partial charge < -0.3 is 4.42 Å². The van der Waals surface area contributed by atoms with Gasteiger partial charge in [-0.2, -0.15) is 10.1 Å². The molecule has 2 fully saturated rings. The Morgan fingerprint density at radius 2 is 1.76 bits per heavy atom. The largest absolute Gasteiger partial charge is 0.448 e. The fourth-order valence-corrected chi connectivity index (χ4v) is 4.00. The number of fused-ring (bicyclic) bond motifs is 1. The van der Waals surface area contributed by atoms with E-state index in [0.29, 0.717) is 10.4 Å². The molecule has 6 heteroatoms. The van der Waals surface area contributed by atoms with Crippen molar-refractivity contribution in [2.24, 2.45) is 28.8 Å². The van der Waals surface area contributed by atoms with E-state index in [0.717, 1.165) is 17.9 Å². The highest BCUT2D eigenvalue weighted by atomic mass is 79.9. The number of halogens is 1. The molecule has 1 saturated heterocycles. The summed E-state index contributed by atoms with van der Waals surface area (Å²) in [6, 6.07) is 3.45. The zero-order valence-electron chi connectivity index (χ0n) is 11.1. The van der Waals surface area contributed by atoms with E-state index in [2.05, 4.69) is 33.2 Å². The van der Waals surface area contributed by atoms with Crippen LogP contribution in [0.5, 0.6) is 0 Å². The first-order chi connectivity index (χ1) is 10.1. The molecule has 108 valence electrons. The zero-order chi connectivity index (χ0) is 14.6. The minimum atomic E-state index is -0.221. The SMILES string of the molecule is O=C1[C@@H]2[C@H](C(=O)N1/N=C\c1ccc(Br)o1)[C@H]1C=C[C@H]2CC1. The number of allylic oxidation sites excluding steroid dienone is 2. The van der Waals surface area contributed by atoms with E-state index in [4.69, 9.17) is 4.42 Å². The Morgan fingerprint density at radius 3 is 2.24 bits per heavy atom. The van der Waals surface area contributed by atoms with Gasteiger partial charge in [0.05, 0.1) is 18.1 Å². The van der Waals surface area contributed by atoms with Gasteiger partial charge in [0, 0.05) is 0 Å². The molecular weight excluding hydrogens is 336 g/mol. The first-order valence-electron chi connectivity index (χ1n) is 7.00. The van der Waals surface area contributed by atoms with Gasteiger partial charge in [-0.3, -0.25) is 9.59 Å². The number of hydrogen-bond acceptors (Lipinski definition) is 4. The second-order valence-corrected chi connectivity index (χ2v) is 6.50. The third-order valence-electron chi connectivity index (χ3n) is 4.63. The molecule has 1 saturated carbocycles. The van der Waals surface area contributed by atoms with Crippen molar-refractivity contribution in [2.45, 2.75) is 12.8 Å². The molecule has 0 radical (unpaired) electrons. The number of carbonyl (C=O) groups excluding carboxylic acids is 2. The lowest BCUT2D eigenvalue weighted by molar-refractivity contribution is -0.140. The molecule has 0 N–H and O–H groups in total. The third-order valence-corrected chi connectivity index (χ3v) is 5.06. The first kappa shape index (κ1) is 13.0. The van der Waals surface area contributed by atoms with Crippen molar-refractivity contribution in [1.29, 1.82) is 0 Å². The number of amides is 2. The molecule has 21 heavy (non-hydrogen) atoms. The predicted octanol–water partition coefficient (Wildman–Crippen LogP) is 2.57. The van der Waals surface area contributed by atoms with Crippen molar-refractivity contribution in [3.05, 3.63) is 34.7 Å². The summed E-state index contributed by atoms with van der Waals surface area (Å²) in [5, 5.41) is 5.09. The molecule has 4 atom stereocenters. The van der Waals surface area contributed by atoms with Crippen molar-refractivity contribution < 1.29 is 14.0 Å². The van der Waals surface area contributed by atoms with Crippen LogP contribution in [0.1, 0.15) is 18.6 Å². The van der Waals surface area contributed by atoms with Crippen LogP contribution < -0.4 is 0 Å². The van der Waals surface area contributed by atoms with Crippen LogP contribution in [-0.2, 0) is 9.59 Å². The van der Waals surface area contributed by atoms with Gasteiger partial charge in [0.25, 0.3) is 11.8 Å². The van der Waals surface area contributed by atoms with Crippen molar-refractivity contribution in [1.82, 2.24) is 5.01 Å². The van der Waals surface area contributed by atoms with Gasteiger partial charge in [0.1, 0.15) is 5.76 Å². The lowest BCUT2D eigenvalue weighted by atomic mass is 9.63. The number of hydrogen-bond donors (Lipinski definition) is 0. The minimum absolute atomic E-state index is 0.175. The summed E-state index contributed by atoms with van der Waals surface area (Å²) in [5.74, 6) is 0.0857. The van der Waals surface area contributed by atoms with E-state index < -0.39 is 0 Å². The smallest absolute Gasteiger partial charge is 0.254 e. The van der Waals surface area contributed by atoms with E-state index in [9.17, 15) is 9.59 Å². The van der Waals surface area contributed by atoms with Crippen molar-refractivity contribution in [2.75, 3.05) is 0 Å². The fraction of sp³-hybridized carbons (Fsp3) is 0.400. The molecule has 5 nitrogen and oxygen atoms in total. The average molecular weight is 349 g/mol. The zero-order valence-corrected chi connectivity index (χ0v) is 12.7. The van der Waals surface area contributed by atoms with E-state index in [1.165, 1.54) is 6.21 Å². The maximum absolute atomic E-state index is 12.5. The highest BCUT2D eigenvalue weighted by Crippen LogP contribution is 2.49. The Morgan fingerprint density at radius 1 is 1.14 bits per heavy atom. The summed E-state index contributed by atoms with van der Waals surface area (Å²) >= 11 is 3.20. The van der Waals surface area contributed by atoms with Crippen LogP contribution in [0, 0.1) is 23.7 Å². The molecule has 0 unspecified atom stereocenters. The lowest BCUT2D eigenvalue weighted by Crippen LogP contribution is -2.38. The molecule has 3 aliphatic carbocycles. The van der Waals surface area contributed by atoms with Gasteiger partial charge in [0.15, 0.2) is 4.67 Å². The van der Waals surface area contributed by atoms with Gasteiger partial charge in [-0.1, -0.05) is 12.2 Å². The average Bonchev–Trinajstić information content (AvgIpc) is 3.03.